The molecule has 3 amide bonds. The molecule has 0 saturated carbocycles. The summed E-state index contributed by atoms with van der Waals surface area (Å²) in [5, 5.41) is 5.88. The van der Waals surface area contributed by atoms with Crippen LogP contribution in [0.15, 0.2) is 18.2 Å². The van der Waals surface area contributed by atoms with Crippen LogP contribution in [0.2, 0.25) is 0 Å². The molecule has 5 nitrogen and oxygen atoms in total. The fourth-order valence-corrected chi connectivity index (χ4v) is 1.52. The van der Waals surface area contributed by atoms with Crippen molar-refractivity contribution in [1.82, 2.24) is 10.6 Å². The second kappa shape index (κ2) is 6.79. The average Bonchev–Trinajstić information content (AvgIpc) is 2.35. The van der Waals surface area contributed by atoms with Crippen molar-refractivity contribution in [2.24, 2.45) is 0 Å². The van der Waals surface area contributed by atoms with Crippen LogP contribution in [0.5, 0.6) is 0 Å². The minimum absolute atomic E-state index is 0.0363. The van der Waals surface area contributed by atoms with E-state index < -0.39 is 23.6 Å². The smallest absolute Gasteiger partial charge is 0.321 e. The number of nitrogens with one attached hydrogen (secondary N) is 2. The van der Waals surface area contributed by atoms with Crippen molar-refractivity contribution in [3.8, 4) is 0 Å². The Kier molecular flexibility index (Phi) is 5.37. The molecule has 0 aliphatic rings. The first kappa shape index (κ1) is 15.0. The fraction of sp³-hybridized carbons (Fsp3) is 0.333. The zero-order chi connectivity index (χ0) is 14.4. The Hall–Kier alpha value is -2.02. The molecule has 0 spiro atoms. The molecule has 4 N–H and O–H groups in total. The van der Waals surface area contributed by atoms with Gasteiger partial charge in [0.1, 0.15) is 17.7 Å². The van der Waals surface area contributed by atoms with Gasteiger partial charge in [0.2, 0.25) is 0 Å². The maximum atomic E-state index is 13.5. The molecule has 0 radical (unpaired) electrons. The number of quaternary nitrogens is 1. The molecule has 0 heterocycles. The molecule has 0 saturated heterocycles. The third-order valence-corrected chi connectivity index (χ3v) is 2.59. The van der Waals surface area contributed by atoms with Gasteiger partial charge in [-0.1, -0.05) is 0 Å². The Morgan fingerprint density at radius 1 is 1.37 bits per heavy atom. The molecular formula is C12H16F2N3O2+. The van der Waals surface area contributed by atoms with E-state index >= 15 is 0 Å². The van der Waals surface area contributed by atoms with Crippen LogP contribution in [-0.4, -0.2) is 25.5 Å². The lowest BCUT2D eigenvalue weighted by Crippen LogP contribution is -2.87. The van der Waals surface area contributed by atoms with Crippen molar-refractivity contribution in [2.75, 3.05) is 13.6 Å². The molecule has 104 valence electrons. The monoisotopic (exact) mass is 272 g/mol. The summed E-state index contributed by atoms with van der Waals surface area (Å²) in [6, 6.07) is 2.33. The number of halogens is 2. The van der Waals surface area contributed by atoms with Crippen LogP contribution in [0.4, 0.5) is 13.6 Å². The van der Waals surface area contributed by atoms with Gasteiger partial charge in [0.25, 0.3) is 5.91 Å². The Morgan fingerprint density at radius 3 is 2.63 bits per heavy atom. The van der Waals surface area contributed by atoms with Gasteiger partial charge in [-0.15, -0.1) is 0 Å². The van der Waals surface area contributed by atoms with E-state index in [0.717, 1.165) is 12.1 Å². The van der Waals surface area contributed by atoms with Gasteiger partial charge in [-0.05, 0) is 19.1 Å². The molecule has 0 unspecified atom stereocenters. The molecule has 1 aromatic rings. The second-order valence-electron chi connectivity index (χ2n) is 4.02. The van der Waals surface area contributed by atoms with Crippen LogP contribution in [0, 0.1) is 11.6 Å². The highest BCUT2D eigenvalue weighted by Gasteiger charge is 2.16. The number of rotatable bonds is 4. The van der Waals surface area contributed by atoms with Gasteiger partial charge in [-0.3, -0.25) is 10.1 Å². The predicted molar refractivity (Wildman–Crippen MR) is 64.2 cm³/mol. The molecule has 0 fully saturated rings. The van der Waals surface area contributed by atoms with E-state index in [1.165, 1.54) is 13.1 Å². The summed E-state index contributed by atoms with van der Waals surface area (Å²) in [4.78, 5) is 22.2. The standard InChI is InChI=1S/C12H15F2N3O2/c1-7(9-4-3-8(13)5-10(9)14)16-6-11(18)17-12(19)15-2/h3-5,7,16H,6H2,1-2H3,(H2,15,17,18,19)/p+1/t7-/m1/s1. The number of amides is 3. The van der Waals surface area contributed by atoms with Gasteiger partial charge in [0.05, 0.1) is 0 Å². The first-order valence-electron chi connectivity index (χ1n) is 5.74. The zero-order valence-electron chi connectivity index (χ0n) is 10.7. The quantitative estimate of drug-likeness (QED) is 0.724. The highest BCUT2D eigenvalue weighted by molar-refractivity contribution is 5.94. The van der Waals surface area contributed by atoms with Gasteiger partial charge < -0.3 is 10.6 Å². The summed E-state index contributed by atoms with van der Waals surface area (Å²) in [5.74, 6) is -1.80. The SMILES string of the molecule is CNC(=O)NC(=O)C[NH2+][C@H](C)c1ccc(F)cc1F. The fourth-order valence-electron chi connectivity index (χ4n) is 1.52. The van der Waals surface area contributed by atoms with Crippen molar-refractivity contribution in [1.29, 1.82) is 0 Å². The van der Waals surface area contributed by atoms with E-state index in [9.17, 15) is 18.4 Å². The minimum Gasteiger partial charge on any atom is -0.341 e. The number of carbonyl (C=O) groups is 2. The number of urea groups is 1. The summed E-state index contributed by atoms with van der Waals surface area (Å²) >= 11 is 0. The normalized spacial score (nSPS) is 11.8. The van der Waals surface area contributed by atoms with E-state index in [1.807, 2.05) is 0 Å². The summed E-state index contributed by atoms with van der Waals surface area (Å²) in [6.07, 6.45) is 0. The van der Waals surface area contributed by atoms with Gasteiger partial charge >= 0.3 is 6.03 Å². The van der Waals surface area contributed by atoms with Crippen LogP contribution in [0.1, 0.15) is 18.5 Å². The van der Waals surface area contributed by atoms with Crippen molar-refractivity contribution in [2.45, 2.75) is 13.0 Å². The molecule has 1 atom stereocenters. The molecule has 1 aromatic carbocycles. The number of imide groups is 1. The number of nitrogens with two attached hydrogens (primary N) is 1. The van der Waals surface area contributed by atoms with Gasteiger partial charge in [0, 0.05) is 18.7 Å². The van der Waals surface area contributed by atoms with Crippen LogP contribution in [-0.2, 0) is 4.79 Å². The van der Waals surface area contributed by atoms with E-state index in [2.05, 4.69) is 10.6 Å². The van der Waals surface area contributed by atoms with Crippen LogP contribution >= 0.6 is 0 Å². The van der Waals surface area contributed by atoms with Crippen LogP contribution < -0.4 is 16.0 Å². The molecule has 0 aromatic heterocycles. The number of benzene rings is 1. The number of hydrogen-bond acceptors (Lipinski definition) is 2. The average molecular weight is 272 g/mol. The second-order valence-corrected chi connectivity index (χ2v) is 4.02. The Balaban J connectivity index is 2.53. The highest BCUT2D eigenvalue weighted by atomic mass is 19.1. The summed E-state index contributed by atoms with van der Waals surface area (Å²) in [6.45, 7) is 1.65. The molecule has 1 rings (SSSR count). The van der Waals surface area contributed by atoms with Crippen LogP contribution in [0.25, 0.3) is 0 Å². The van der Waals surface area contributed by atoms with Gasteiger partial charge in [-0.2, -0.15) is 0 Å². The van der Waals surface area contributed by atoms with E-state index in [-0.39, 0.29) is 12.6 Å². The van der Waals surface area contributed by atoms with Gasteiger partial charge in [0.15, 0.2) is 6.54 Å². The molecule has 19 heavy (non-hydrogen) atoms. The van der Waals surface area contributed by atoms with Crippen molar-refractivity contribution in [3.63, 3.8) is 0 Å². The Bertz CT molecular complexity index is 480. The van der Waals surface area contributed by atoms with E-state index in [4.69, 9.17) is 0 Å². The molecular weight excluding hydrogens is 256 g/mol. The molecule has 0 bridgehead atoms. The largest absolute Gasteiger partial charge is 0.341 e. The molecule has 7 heteroatoms. The third-order valence-electron chi connectivity index (χ3n) is 2.59. The summed E-state index contributed by atoms with van der Waals surface area (Å²) in [7, 11) is 1.39. The zero-order valence-corrected chi connectivity index (χ0v) is 10.7. The van der Waals surface area contributed by atoms with E-state index in [0.29, 0.717) is 5.56 Å². The lowest BCUT2D eigenvalue weighted by Gasteiger charge is -2.11. The van der Waals surface area contributed by atoms with Crippen molar-refractivity contribution in [3.05, 3.63) is 35.4 Å². The maximum absolute atomic E-state index is 13.5. The number of carbonyl (C=O) groups excluding carboxylic acids is 2. The molecule has 0 aliphatic carbocycles. The first-order chi connectivity index (χ1) is 8.93. The minimum atomic E-state index is -0.657. The molecule has 0 aliphatic heterocycles. The Morgan fingerprint density at radius 2 is 2.05 bits per heavy atom. The lowest BCUT2D eigenvalue weighted by molar-refractivity contribution is -0.682. The van der Waals surface area contributed by atoms with Crippen LogP contribution in [0.3, 0.4) is 0 Å². The predicted octanol–water partition coefficient (Wildman–Crippen LogP) is 0.0448. The maximum Gasteiger partial charge on any atom is 0.321 e. The number of hydrogen-bond donors (Lipinski definition) is 3. The third kappa shape index (κ3) is 4.63. The topological polar surface area (TPSA) is 74.8 Å². The van der Waals surface area contributed by atoms with E-state index in [1.54, 1.807) is 12.2 Å². The Labute approximate surface area is 109 Å². The summed E-state index contributed by atoms with van der Waals surface area (Å²) in [5.41, 5.74) is 0.300. The lowest BCUT2D eigenvalue weighted by atomic mass is 10.1. The highest BCUT2D eigenvalue weighted by Crippen LogP contribution is 2.14. The first-order valence-corrected chi connectivity index (χ1v) is 5.74. The van der Waals surface area contributed by atoms with Gasteiger partial charge in [-0.25, -0.2) is 13.6 Å². The van der Waals surface area contributed by atoms with Crippen molar-refractivity contribution >= 4 is 11.9 Å². The van der Waals surface area contributed by atoms with Crippen molar-refractivity contribution < 1.29 is 23.7 Å². The summed E-state index contributed by atoms with van der Waals surface area (Å²) < 4.78 is 26.2.